The van der Waals surface area contributed by atoms with Gasteiger partial charge in [-0.25, -0.2) is 0 Å². The van der Waals surface area contributed by atoms with Gasteiger partial charge in [-0.3, -0.25) is 9.59 Å². The summed E-state index contributed by atoms with van der Waals surface area (Å²) in [5.74, 6) is 0.157. The molecular weight excluding hydrogens is 287 g/mol. The molecule has 0 aliphatic carbocycles. The molecule has 1 aromatic rings. The number of nitrogens with one attached hydrogen (secondary N) is 2. The quantitative estimate of drug-likeness (QED) is 0.599. The number of hydrogen-bond acceptors (Lipinski definition) is 2. The van der Waals surface area contributed by atoms with Crippen molar-refractivity contribution in [3.05, 3.63) is 34.9 Å². The zero-order chi connectivity index (χ0) is 14.1. The van der Waals surface area contributed by atoms with Crippen molar-refractivity contribution in [3.63, 3.8) is 0 Å². The van der Waals surface area contributed by atoms with Gasteiger partial charge in [-0.15, -0.1) is 11.6 Å². The second-order valence-electron chi connectivity index (χ2n) is 3.88. The zero-order valence-corrected chi connectivity index (χ0v) is 11.9. The van der Waals surface area contributed by atoms with E-state index < -0.39 is 0 Å². The summed E-state index contributed by atoms with van der Waals surface area (Å²) >= 11 is 11.4. The average molecular weight is 303 g/mol. The number of halogens is 2. The third-order valence-electron chi connectivity index (χ3n) is 2.39. The molecule has 0 fully saturated rings. The van der Waals surface area contributed by atoms with E-state index >= 15 is 0 Å². The summed E-state index contributed by atoms with van der Waals surface area (Å²) < 4.78 is 0. The fraction of sp³-hybridized carbons (Fsp3) is 0.385. The van der Waals surface area contributed by atoms with E-state index in [2.05, 4.69) is 10.6 Å². The minimum atomic E-state index is -0.249. The third-order valence-corrected chi connectivity index (χ3v) is 2.99. The lowest BCUT2D eigenvalue weighted by Gasteiger charge is -2.07. The molecule has 19 heavy (non-hydrogen) atoms. The van der Waals surface area contributed by atoms with Crippen LogP contribution in [0.3, 0.4) is 0 Å². The van der Waals surface area contributed by atoms with E-state index in [1.807, 2.05) is 0 Å². The molecule has 0 radical (unpaired) electrons. The Balaban J connectivity index is 2.25. The van der Waals surface area contributed by atoms with Crippen LogP contribution in [-0.2, 0) is 4.79 Å². The Labute approximate surface area is 122 Å². The molecular formula is C13H16Cl2N2O2. The van der Waals surface area contributed by atoms with Gasteiger partial charge in [0.25, 0.3) is 5.91 Å². The normalized spacial score (nSPS) is 10.0. The predicted molar refractivity (Wildman–Crippen MR) is 76.7 cm³/mol. The molecule has 0 saturated carbocycles. The molecule has 0 aliphatic heterocycles. The Morgan fingerprint density at radius 1 is 1.11 bits per heavy atom. The van der Waals surface area contributed by atoms with Crippen molar-refractivity contribution >= 4 is 35.0 Å². The molecule has 2 amide bonds. The van der Waals surface area contributed by atoms with Crippen molar-refractivity contribution in [1.29, 1.82) is 0 Å². The first-order chi connectivity index (χ1) is 9.15. The van der Waals surface area contributed by atoms with E-state index in [4.69, 9.17) is 23.2 Å². The van der Waals surface area contributed by atoms with Crippen LogP contribution < -0.4 is 10.6 Å². The maximum absolute atomic E-state index is 11.8. The Bertz CT molecular complexity index is 438. The average Bonchev–Trinajstić information content (AvgIpc) is 2.41. The Morgan fingerprint density at radius 2 is 1.79 bits per heavy atom. The molecule has 0 bridgehead atoms. The highest BCUT2D eigenvalue weighted by Crippen LogP contribution is 2.14. The first-order valence-electron chi connectivity index (χ1n) is 6.00. The summed E-state index contributed by atoms with van der Waals surface area (Å²) in [5, 5.41) is 5.79. The summed E-state index contributed by atoms with van der Waals surface area (Å²) in [6.07, 6.45) is 1.06. The standard InChI is InChI=1S/C13H16Cl2N2O2/c14-7-3-6-12(18)16-8-9-17-13(19)10-4-1-2-5-11(10)15/h1-2,4-5H,3,6-9H2,(H,16,18)(H,17,19). The molecule has 6 heteroatoms. The van der Waals surface area contributed by atoms with E-state index in [1.54, 1.807) is 24.3 Å². The molecule has 0 spiro atoms. The van der Waals surface area contributed by atoms with Gasteiger partial charge in [0.15, 0.2) is 0 Å². The number of carbonyl (C=O) groups is 2. The molecule has 104 valence electrons. The lowest BCUT2D eigenvalue weighted by molar-refractivity contribution is -0.121. The summed E-state index contributed by atoms with van der Waals surface area (Å²) in [6, 6.07) is 6.81. The molecule has 0 heterocycles. The van der Waals surface area contributed by atoms with Crippen LogP contribution in [0, 0.1) is 0 Å². The Morgan fingerprint density at radius 3 is 2.47 bits per heavy atom. The Kier molecular flexibility index (Phi) is 7.30. The predicted octanol–water partition coefficient (Wildman–Crippen LogP) is 2.21. The molecule has 0 aliphatic rings. The van der Waals surface area contributed by atoms with Gasteiger partial charge in [-0.05, 0) is 18.6 Å². The second-order valence-corrected chi connectivity index (χ2v) is 4.66. The topological polar surface area (TPSA) is 58.2 Å². The molecule has 1 rings (SSSR count). The SMILES string of the molecule is O=C(CCCCl)NCCNC(=O)c1ccccc1Cl. The van der Waals surface area contributed by atoms with Crippen molar-refractivity contribution in [2.24, 2.45) is 0 Å². The summed E-state index contributed by atoms with van der Waals surface area (Å²) in [6.45, 7) is 0.744. The van der Waals surface area contributed by atoms with Gasteiger partial charge in [0.1, 0.15) is 0 Å². The zero-order valence-electron chi connectivity index (χ0n) is 10.4. The van der Waals surface area contributed by atoms with E-state index in [1.165, 1.54) is 0 Å². The first-order valence-corrected chi connectivity index (χ1v) is 6.91. The Hall–Kier alpha value is -1.26. The van der Waals surface area contributed by atoms with Crippen LogP contribution in [-0.4, -0.2) is 30.8 Å². The maximum Gasteiger partial charge on any atom is 0.252 e. The molecule has 1 aromatic carbocycles. The molecule has 0 saturated heterocycles. The van der Waals surface area contributed by atoms with Gasteiger partial charge in [0.2, 0.25) is 5.91 Å². The molecule has 4 nitrogen and oxygen atoms in total. The number of carbonyl (C=O) groups excluding carboxylic acids is 2. The summed E-state index contributed by atoms with van der Waals surface area (Å²) in [7, 11) is 0. The highest BCUT2D eigenvalue weighted by Gasteiger charge is 2.08. The van der Waals surface area contributed by atoms with Crippen LogP contribution in [0.25, 0.3) is 0 Å². The molecule has 2 N–H and O–H groups in total. The van der Waals surface area contributed by atoms with Crippen LogP contribution in [0.5, 0.6) is 0 Å². The lowest BCUT2D eigenvalue weighted by Crippen LogP contribution is -2.34. The largest absolute Gasteiger partial charge is 0.354 e. The minimum Gasteiger partial charge on any atom is -0.354 e. The second kappa shape index (κ2) is 8.77. The van der Waals surface area contributed by atoms with Gasteiger partial charge >= 0.3 is 0 Å². The van der Waals surface area contributed by atoms with Crippen molar-refractivity contribution in [2.75, 3.05) is 19.0 Å². The van der Waals surface area contributed by atoms with Crippen molar-refractivity contribution in [1.82, 2.24) is 10.6 Å². The van der Waals surface area contributed by atoms with Crippen LogP contribution in [0.2, 0.25) is 5.02 Å². The number of amides is 2. The molecule has 0 unspecified atom stereocenters. The molecule has 0 atom stereocenters. The van der Waals surface area contributed by atoms with Gasteiger partial charge < -0.3 is 10.6 Å². The highest BCUT2D eigenvalue weighted by atomic mass is 35.5. The minimum absolute atomic E-state index is 0.0624. The van der Waals surface area contributed by atoms with Gasteiger partial charge in [0.05, 0.1) is 10.6 Å². The lowest BCUT2D eigenvalue weighted by atomic mass is 10.2. The van der Waals surface area contributed by atoms with E-state index in [-0.39, 0.29) is 11.8 Å². The number of alkyl halides is 1. The van der Waals surface area contributed by atoms with Crippen molar-refractivity contribution in [3.8, 4) is 0 Å². The summed E-state index contributed by atoms with van der Waals surface area (Å²) in [5.41, 5.74) is 0.428. The fourth-order valence-electron chi connectivity index (χ4n) is 1.43. The summed E-state index contributed by atoms with van der Waals surface area (Å²) in [4.78, 5) is 23.0. The number of hydrogen-bond donors (Lipinski definition) is 2. The van der Waals surface area contributed by atoms with Crippen molar-refractivity contribution < 1.29 is 9.59 Å². The number of rotatable bonds is 7. The van der Waals surface area contributed by atoms with E-state index in [0.29, 0.717) is 42.4 Å². The smallest absolute Gasteiger partial charge is 0.252 e. The highest BCUT2D eigenvalue weighted by molar-refractivity contribution is 6.33. The fourth-order valence-corrected chi connectivity index (χ4v) is 1.79. The van der Waals surface area contributed by atoms with Crippen LogP contribution >= 0.6 is 23.2 Å². The van der Waals surface area contributed by atoms with Gasteiger partial charge in [-0.2, -0.15) is 0 Å². The van der Waals surface area contributed by atoms with E-state index in [9.17, 15) is 9.59 Å². The molecule has 0 aromatic heterocycles. The van der Waals surface area contributed by atoms with Crippen molar-refractivity contribution in [2.45, 2.75) is 12.8 Å². The monoisotopic (exact) mass is 302 g/mol. The van der Waals surface area contributed by atoms with Crippen LogP contribution in [0.4, 0.5) is 0 Å². The van der Waals surface area contributed by atoms with Crippen LogP contribution in [0.15, 0.2) is 24.3 Å². The van der Waals surface area contributed by atoms with Crippen LogP contribution in [0.1, 0.15) is 23.2 Å². The third kappa shape index (κ3) is 5.94. The first kappa shape index (κ1) is 15.8. The van der Waals surface area contributed by atoms with Gasteiger partial charge in [-0.1, -0.05) is 23.7 Å². The maximum atomic E-state index is 11.8. The number of benzene rings is 1. The van der Waals surface area contributed by atoms with E-state index in [0.717, 1.165) is 0 Å². The van der Waals surface area contributed by atoms with Gasteiger partial charge in [0, 0.05) is 25.4 Å².